The molecule has 0 aliphatic carbocycles. The number of carbonyl (C=O) groups is 3. The van der Waals surface area contributed by atoms with Gasteiger partial charge in [0.25, 0.3) is 5.91 Å². The predicted molar refractivity (Wildman–Crippen MR) is 106 cm³/mol. The van der Waals surface area contributed by atoms with Gasteiger partial charge in [-0.2, -0.15) is 0 Å². The molecule has 0 bridgehead atoms. The van der Waals surface area contributed by atoms with Crippen molar-refractivity contribution in [3.05, 3.63) is 64.7 Å². The molecular weight excluding hydrogens is 384 g/mol. The molecule has 0 saturated carbocycles. The number of rotatable bonds is 8. The number of imide groups is 1. The first-order chi connectivity index (χ1) is 13.5. The van der Waals surface area contributed by atoms with Gasteiger partial charge in [-0.25, -0.2) is 9.59 Å². The number of para-hydroxylation sites is 1. The third kappa shape index (κ3) is 6.92. The zero-order chi connectivity index (χ0) is 20.4. The van der Waals surface area contributed by atoms with E-state index in [-0.39, 0.29) is 6.61 Å². The van der Waals surface area contributed by atoms with Gasteiger partial charge in [-0.3, -0.25) is 10.1 Å². The summed E-state index contributed by atoms with van der Waals surface area (Å²) in [7, 11) is 0. The molecule has 0 radical (unpaired) electrons. The Morgan fingerprint density at radius 1 is 1.00 bits per heavy atom. The lowest BCUT2D eigenvalue weighted by Gasteiger charge is -2.12. The fourth-order valence-electron chi connectivity index (χ4n) is 2.33. The van der Waals surface area contributed by atoms with E-state index < -0.39 is 24.6 Å². The van der Waals surface area contributed by atoms with Gasteiger partial charge in [-0.1, -0.05) is 35.9 Å². The molecule has 0 atom stereocenters. The van der Waals surface area contributed by atoms with Crippen LogP contribution in [0, 0.1) is 0 Å². The third-order valence-corrected chi connectivity index (χ3v) is 3.89. The number of ether oxygens (including phenoxy) is 2. The number of benzene rings is 2. The number of hydrogen-bond donors (Lipinski definition) is 2. The van der Waals surface area contributed by atoms with E-state index in [1.807, 2.05) is 29.6 Å². The van der Waals surface area contributed by atoms with Crippen LogP contribution in [-0.2, 0) is 20.7 Å². The van der Waals surface area contributed by atoms with Crippen LogP contribution < -0.4 is 10.6 Å². The van der Waals surface area contributed by atoms with Gasteiger partial charge in [-0.15, -0.1) is 0 Å². The Kier molecular flexibility index (Phi) is 8.30. The van der Waals surface area contributed by atoms with Crippen molar-refractivity contribution in [3.63, 3.8) is 0 Å². The number of nitrogens with one attached hydrogen (secondary N) is 2. The fourth-order valence-corrected chi connectivity index (χ4v) is 2.46. The van der Waals surface area contributed by atoms with Gasteiger partial charge in [0.2, 0.25) is 0 Å². The zero-order valence-corrected chi connectivity index (χ0v) is 16.1. The van der Waals surface area contributed by atoms with Crippen molar-refractivity contribution in [1.82, 2.24) is 5.32 Å². The molecule has 0 heterocycles. The quantitative estimate of drug-likeness (QED) is 0.655. The lowest BCUT2D eigenvalue weighted by atomic mass is 10.1. The molecule has 2 N–H and O–H groups in total. The highest BCUT2D eigenvalue weighted by atomic mass is 35.5. The van der Waals surface area contributed by atoms with Crippen LogP contribution in [0.5, 0.6) is 0 Å². The monoisotopic (exact) mass is 404 g/mol. The molecule has 8 heteroatoms. The molecular formula is C20H21ClN2O5. The fraction of sp³-hybridized carbons (Fsp3) is 0.250. The van der Waals surface area contributed by atoms with Crippen LogP contribution in [0.1, 0.15) is 22.8 Å². The van der Waals surface area contributed by atoms with E-state index in [0.29, 0.717) is 22.8 Å². The first kappa shape index (κ1) is 21.2. The number of halogens is 1. The van der Waals surface area contributed by atoms with Crippen LogP contribution in [0.25, 0.3) is 0 Å². The SMILES string of the molecule is CCOC(=O)NC(=O)COC(=O)c1ccccc1NCCc1ccc(Cl)cc1. The van der Waals surface area contributed by atoms with Crippen molar-refractivity contribution >= 4 is 35.3 Å². The molecule has 148 valence electrons. The maximum Gasteiger partial charge on any atom is 0.413 e. The highest BCUT2D eigenvalue weighted by Crippen LogP contribution is 2.17. The minimum atomic E-state index is -0.882. The van der Waals surface area contributed by atoms with Gasteiger partial charge >= 0.3 is 12.1 Å². The summed E-state index contributed by atoms with van der Waals surface area (Å²) in [6, 6.07) is 14.3. The summed E-state index contributed by atoms with van der Waals surface area (Å²) < 4.78 is 9.56. The van der Waals surface area contributed by atoms with Gasteiger partial charge in [0.05, 0.1) is 12.2 Å². The summed E-state index contributed by atoms with van der Waals surface area (Å²) >= 11 is 5.87. The average molecular weight is 405 g/mol. The molecule has 0 unspecified atom stereocenters. The van der Waals surface area contributed by atoms with Crippen molar-refractivity contribution in [2.24, 2.45) is 0 Å². The summed E-state index contributed by atoms with van der Waals surface area (Å²) in [5, 5.41) is 5.82. The van der Waals surface area contributed by atoms with E-state index in [0.717, 1.165) is 12.0 Å². The third-order valence-electron chi connectivity index (χ3n) is 3.64. The molecule has 28 heavy (non-hydrogen) atoms. The maximum atomic E-state index is 12.3. The van der Waals surface area contributed by atoms with Crippen LogP contribution >= 0.6 is 11.6 Å². The molecule has 0 spiro atoms. The van der Waals surface area contributed by atoms with Crippen molar-refractivity contribution < 1.29 is 23.9 Å². The van der Waals surface area contributed by atoms with Gasteiger partial charge in [0.15, 0.2) is 6.61 Å². The zero-order valence-electron chi connectivity index (χ0n) is 15.4. The number of anilines is 1. The first-order valence-corrected chi connectivity index (χ1v) is 9.08. The van der Waals surface area contributed by atoms with E-state index in [1.54, 1.807) is 31.2 Å². The normalized spacial score (nSPS) is 10.1. The Labute approximate surface area is 168 Å². The molecule has 0 aromatic heterocycles. The number of alkyl carbamates (subject to hydrolysis) is 1. The van der Waals surface area contributed by atoms with Gasteiger partial charge < -0.3 is 14.8 Å². The minimum Gasteiger partial charge on any atom is -0.452 e. The molecule has 2 aromatic carbocycles. The molecule has 2 amide bonds. The molecule has 0 saturated heterocycles. The standard InChI is InChI=1S/C20H21ClN2O5/c1-2-27-20(26)23-18(24)13-28-19(25)16-5-3-4-6-17(16)22-12-11-14-7-9-15(21)10-8-14/h3-10,22H,2,11-13H2,1H3,(H,23,24,26). The molecule has 2 rings (SSSR count). The van der Waals surface area contributed by atoms with E-state index in [1.165, 1.54) is 0 Å². The maximum absolute atomic E-state index is 12.3. The smallest absolute Gasteiger partial charge is 0.413 e. The number of esters is 1. The largest absolute Gasteiger partial charge is 0.452 e. The summed E-state index contributed by atoms with van der Waals surface area (Å²) in [6.45, 7) is 1.75. The minimum absolute atomic E-state index is 0.133. The van der Waals surface area contributed by atoms with Gasteiger partial charge in [0, 0.05) is 17.3 Å². The van der Waals surface area contributed by atoms with Crippen molar-refractivity contribution in [1.29, 1.82) is 0 Å². The van der Waals surface area contributed by atoms with E-state index in [2.05, 4.69) is 10.1 Å². The second-order valence-corrected chi connectivity index (χ2v) is 6.13. The summed E-state index contributed by atoms with van der Waals surface area (Å²) in [5.74, 6) is -1.44. The Balaban J connectivity index is 1.87. The van der Waals surface area contributed by atoms with Crippen LogP contribution in [0.3, 0.4) is 0 Å². The van der Waals surface area contributed by atoms with Gasteiger partial charge in [0.1, 0.15) is 0 Å². The van der Waals surface area contributed by atoms with E-state index in [9.17, 15) is 14.4 Å². The van der Waals surface area contributed by atoms with Crippen LogP contribution in [0.2, 0.25) is 5.02 Å². The average Bonchev–Trinajstić information content (AvgIpc) is 2.68. The highest BCUT2D eigenvalue weighted by molar-refractivity contribution is 6.30. The van der Waals surface area contributed by atoms with Crippen molar-refractivity contribution in [3.8, 4) is 0 Å². The molecule has 0 aliphatic rings. The van der Waals surface area contributed by atoms with Crippen molar-refractivity contribution in [2.45, 2.75) is 13.3 Å². The Bertz CT molecular complexity index is 824. The van der Waals surface area contributed by atoms with Crippen LogP contribution in [0.15, 0.2) is 48.5 Å². The number of amides is 2. The van der Waals surface area contributed by atoms with E-state index >= 15 is 0 Å². The summed E-state index contributed by atoms with van der Waals surface area (Å²) in [4.78, 5) is 35.0. The second-order valence-electron chi connectivity index (χ2n) is 5.69. The summed E-state index contributed by atoms with van der Waals surface area (Å²) in [5.41, 5.74) is 1.99. The second kappa shape index (κ2) is 10.9. The number of carbonyl (C=O) groups excluding carboxylic acids is 3. The number of hydrogen-bond acceptors (Lipinski definition) is 6. The Morgan fingerprint density at radius 3 is 2.43 bits per heavy atom. The topological polar surface area (TPSA) is 93.7 Å². The van der Waals surface area contributed by atoms with Gasteiger partial charge in [-0.05, 0) is 43.2 Å². The molecule has 0 fully saturated rings. The first-order valence-electron chi connectivity index (χ1n) is 8.70. The lowest BCUT2D eigenvalue weighted by molar-refractivity contribution is -0.123. The summed E-state index contributed by atoms with van der Waals surface area (Å²) in [6.07, 6.45) is -0.143. The lowest BCUT2D eigenvalue weighted by Crippen LogP contribution is -2.34. The van der Waals surface area contributed by atoms with E-state index in [4.69, 9.17) is 16.3 Å². The molecule has 0 aliphatic heterocycles. The Hall–Kier alpha value is -3.06. The van der Waals surface area contributed by atoms with Crippen molar-refractivity contribution in [2.75, 3.05) is 25.1 Å². The molecule has 7 nitrogen and oxygen atoms in total. The highest BCUT2D eigenvalue weighted by Gasteiger charge is 2.15. The molecule has 2 aromatic rings. The predicted octanol–water partition coefficient (Wildman–Crippen LogP) is 3.42. The van der Waals surface area contributed by atoms with Crippen LogP contribution in [0.4, 0.5) is 10.5 Å². The Morgan fingerprint density at radius 2 is 1.71 bits per heavy atom. The van der Waals surface area contributed by atoms with Crippen LogP contribution in [-0.4, -0.2) is 37.7 Å².